The molecule has 1 aromatic rings. The van der Waals surface area contributed by atoms with Gasteiger partial charge in [-0.1, -0.05) is 11.6 Å². The average Bonchev–Trinajstić information content (AvgIpc) is 2.43. The molecule has 0 heterocycles. The van der Waals surface area contributed by atoms with Crippen molar-refractivity contribution in [3.05, 3.63) is 28.8 Å². The zero-order valence-electron chi connectivity index (χ0n) is 11.6. The van der Waals surface area contributed by atoms with E-state index in [-0.39, 0.29) is 12.5 Å². The Labute approximate surface area is 123 Å². The number of benzene rings is 1. The number of hydrogen-bond acceptors (Lipinski definition) is 5. The summed E-state index contributed by atoms with van der Waals surface area (Å²) in [5, 5.41) is 9.65. The normalized spacial score (nSPS) is 9.90. The van der Waals surface area contributed by atoms with Crippen LogP contribution in [0.3, 0.4) is 0 Å². The molecule has 0 aromatic heterocycles. The van der Waals surface area contributed by atoms with Gasteiger partial charge < -0.3 is 14.4 Å². The molecule has 0 aliphatic rings. The molecular formula is C14H17ClN2O3. The number of hydrogen-bond donors (Lipinski definition) is 0. The van der Waals surface area contributed by atoms with E-state index in [4.69, 9.17) is 21.1 Å². The van der Waals surface area contributed by atoms with Crippen molar-refractivity contribution >= 4 is 23.3 Å². The van der Waals surface area contributed by atoms with E-state index >= 15 is 0 Å². The molecule has 6 heteroatoms. The molecule has 0 aliphatic carbocycles. The highest BCUT2D eigenvalue weighted by Crippen LogP contribution is 2.23. The van der Waals surface area contributed by atoms with Crippen LogP contribution in [0.5, 0.6) is 0 Å². The Morgan fingerprint density at radius 1 is 1.50 bits per heavy atom. The Kier molecular flexibility index (Phi) is 6.85. The summed E-state index contributed by atoms with van der Waals surface area (Å²) in [5.41, 5.74) is 1.06. The molecule has 0 saturated heterocycles. The van der Waals surface area contributed by atoms with Gasteiger partial charge in [0, 0.05) is 18.7 Å². The van der Waals surface area contributed by atoms with E-state index in [9.17, 15) is 10.1 Å². The van der Waals surface area contributed by atoms with Crippen LogP contribution in [0.25, 0.3) is 0 Å². The smallest absolute Gasteiger partial charge is 0.325 e. The van der Waals surface area contributed by atoms with Crippen LogP contribution in [0.2, 0.25) is 5.02 Å². The molecule has 5 nitrogen and oxygen atoms in total. The topological polar surface area (TPSA) is 62.6 Å². The minimum Gasteiger partial charge on any atom is -0.465 e. The van der Waals surface area contributed by atoms with Crippen molar-refractivity contribution in [2.45, 2.75) is 6.92 Å². The second-order valence-corrected chi connectivity index (χ2v) is 4.43. The highest BCUT2D eigenvalue weighted by atomic mass is 35.5. The van der Waals surface area contributed by atoms with Gasteiger partial charge in [0.05, 0.1) is 24.5 Å². The minimum atomic E-state index is -0.345. The molecule has 0 aliphatic heterocycles. The Morgan fingerprint density at radius 2 is 2.25 bits per heavy atom. The first-order chi connectivity index (χ1) is 9.62. The van der Waals surface area contributed by atoms with Crippen molar-refractivity contribution in [2.24, 2.45) is 0 Å². The molecule has 0 saturated carbocycles. The Bertz CT molecular complexity index is 500. The van der Waals surface area contributed by atoms with E-state index in [1.165, 1.54) is 0 Å². The monoisotopic (exact) mass is 296 g/mol. The summed E-state index contributed by atoms with van der Waals surface area (Å²) in [6.07, 6.45) is 0. The fraction of sp³-hybridized carbons (Fsp3) is 0.429. The van der Waals surface area contributed by atoms with Gasteiger partial charge in [-0.15, -0.1) is 0 Å². The van der Waals surface area contributed by atoms with Crippen LogP contribution in [0.1, 0.15) is 12.5 Å². The lowest BCUT2D eigenvalue weighted by Crippen LogP contribution is -2.34. The molecule has 0 fully saturated rings. The molecular weight excluding hydrogens is 280 g/mol. The van der Waals surface area contributed by atoms with Gasteiger partial charge in [0.15, 0.2) is 0 Å². The summed E-state index contributed by atoms with van der Waals surface area (Å²) in [5.74, 6) is -0.345. The second kappa shape index (κ2) is 8.41. The predicted molar refractivity (Wildman–Crippen MR) is 76.9 cm³/mol. The SMILES string of the molecule is CCOC(=O)CN(CCOC)c1ccc(Cl)cc1C#N. The van der Waals surface area contributed by atoms with Gasteiger partial charge in [-0.3, -0.25) is 4.79 Å². The first-order valence-corrected chi connectivity index (χ1v) is 6.59. The molecule has 0 unspecified atom stereocenters. The number of rotatable bonds is 7. The fourth-order valence-electron chi connectivity index (χ4n) is 1.72. The lowest BCUT2D eigenvalue weighted by Gasteiger charge is -2.24. The Balaban J connectivity index is 2.98. The number of esters is 1. The first-order valence-electron chi connectivity index (χ1n) is 6.21. The van der Waals surface area contributed by atoms with Crippen LogP contribution in [-0.4, -0.2) is 39.4 Å². The van der Waals surface area contributed by atoms with Crippen LogP contribution in [0.4, 0.5) is 5.69 Å². The molecule has 0 radical (unpaired) electrons. The fourth-order valence-corrected chi connectivity index (χ4v) is 1.89. The Morgan fingerprint density at radius 3 is 2.85 bits per heavy atom. The number of nitriles is 1. The number of halogens is 1. The molecule has 0 N–H and O–H groups in total. The van der Waals surface area contributed by atoms with Crippen molar-refractivity contribution < 1.29 is 14.3 Å². The number of carbonyl (C=O) groups is 1. The third-order valence-electron chi connectivity index (χ3n) is 2.61. The van der Waals surface area contributed by atoms with Gasteiger partial charge in [0.2, 0.25) is 0 Å². The van der Waals surface area contributed by atoms with E-state index in [2.05, 4.69) is 6.07 Å². The second-order valence-electron chi connectivity index (χ2n) is 3.99. The Hall–Kier alpha value is -1.77. The third kappa shape index (κ3) is 4.72. The maximum Gasteiger partial charge on any atom is 0.325 e. The van der Waals surface area contributed by atoms with E-state index in [0.29, 0.717) is 36.0 Å². The first kappa shape index (κ1) is 16.3. The summed E-state index contributed by atoms with van der Waals surface area (Å²) < 4.78 is 9.97. The molecule has 0 atom stereocenters. The maximum absolute atomic E-state index is 11.6. The van der Waals surface area contributed by atoms with Crippen molar-refractivity contribution in [3.63, 3.8) is 0 Å². The molecule has 0 spiro atoms. The van der Waals surface area contributed by atoms with Crippen molar-refractivity contribution in [2.75, 3.05) is 38.3 Å². The molecule has 1 aromatic carbocycles. The molecule has 0 amide bonds. The highest BCUT2D eigenvalue weighted by molar-refractivity contribution is 6.30. The summed E-state index contributed by atoms with van der Waals surface area (Å²) in [4.78, 5) is 13.4. The number of anilines is 1. The van der Waals surface area contributed by atoms with Crippen LogP contribution < -0.4 is 4.90 Å². The van der Waals surface area contributed by atoms with Crippen molar-refractivity contribution in [3.8, 4) is 6.07 Å². The summed E-state index contributed by atoms with van der Waals surface area (Å²) in [6.45, 7) is 3.05. The maximum atomic E-state index is 11.6. The summed E-state index contributed by atoms with van der Waals surface area (Å²) in [7, 11) is 1.58. The number of ether oxygens (including phenoxy) is 2. The standard InChI is InChI=1S/C14H17ClN2O3/c1-3-20-14(18)10-17(6-7-19-2)13-5-4-12(15)8-11(13)9-16/h4-5,8H,3,6-7,10H2,1-2H3. The van der Waals surface area contributed by atoms with Gasteiger partial charge in [0.1, 0.15) is 12.6 Å². The minimum absolute atomic E-state index is 0.0630. The average molecular weight is 297 g/mol. The van der Waals surface area contributed by atoms with Gasteiger partial charge >= 0.3 is 5.97 Å². The quantitative estimate of drug-likeness (QED) is 0.722. The number of methoxy groups -OCH3 is 1. The van der Waals surface area contributed by atoms with Crippen LogP contribution in [0.15, 0.2) is 18.2 Å². The van der Waals surface area contributed by atoms with E-state index < -0.39 is 0 Å². The zero-order valence-corrected chi connectivity index (χ0v) is 12.3. The highest BCUT2D eigenvalue weighted by Gasteiger charge is 2.16. The molecule has 108 valence electrons. The van der Waals surface area contributed by atoms with E-state index in [1.807, 2.05) is 0 Å². The largest absolute Gasteiger partial charge is 0.465 e. The molecule has 1 rings (SSSR count). The summed E-state index contributed by atoms with van der Waals surface area (Å²) in [6, 6.07) is 7.05. The number of nitrogens with zero attached hydrogens (tertiary/aromatic N) is 2. The lowest BCUT2D eigenvalue weighted by atomic mass is 10.1. The zero-order chi connectivity index (χ0) is 15.0. The van der Waals surface area contributed by atoms with Gasteiger partial charge in [-0.25, -0.2) is 0 Å². The van der Waals surface area contributed by atoms with Gasteiger partial charge in [-0.2, -0.15) is 5.26 Å². The van der Waals surface area contributed by atoms with Crippen LogP contribution in [-0.2, 0) is 14.3 Å². The summed E-state index contributed by atoms with van der Waals surface area (Å²) >= 11 is 5.87. The third-order valence-corrected chi connectivity index (χ3v) is 2.85. The van der Waals surface area contributed by atoms with Gasteiger partial charge in [-0.05, 0) is 25.1 Å². The van der Waals surface area contributed by atoms with Crippen LogP contribution >= 0.6 is 11.6 Å². The molecule has 0 bridgehead atoms. The van der Waals surface area contributed by atoms with Crippen molar-refractivity contribution in [1.82, 2.24) is 0 Å². The number of carbonyl (C=O) groups excluding carboxylic acids is 1. The van der Waals surface area contributed by atoms with E-state index in [1.54, 1.807) is 37.1 Å². The predicted octanol–water partition coefficient (Wildman–Crippen LogP) is 2.23. The van der Waals surface area contributed by atoms with E-state index in [0.717, 1.165) is 0 Å². The van der Waals surface area contributed by atoms with Gasteiger partial charge in [0.25, 0.3) is 0 Å². The molecule has 20 heavy (non-hydrogen) atoms. The lowest BCUT2D eigenvalue weighted by molar-refractivity contribution is -0.141. The van der Waals surface area contributed by atoms with Crippen LogP contribution in [0, 0.1) is 11.3 Å². The van der Waals surface area contributed by atoms with Crippen molar-refractivity contribution in [1.29, 1.82) is 5.26 Å².